The van der Waals surface area contributed by atoms with Crippen molar-refractivity contribution in [3.63, 3.8) is 0 Å². The van der Waals surface area contributed by atoms with Crippen molar-refractivity contribution in [3.05, 3.63) is 21.9 Å². The van der Waals surface area contributed by atoms with Gasteiger partial charge < -0.3 is 16.0 Å². The van der Waals surface area contributed by atoms with Crippen molar-refractivity contribution in [3.8, 4) is 0 Å². The van der Waals surface area contributed by atoms with Crippen molar-refractivity contribution >= 4 is 0 Å². The average molecular weight is 196 g/mol. The number of nitrogens with zero attached hydrogens (tertiary/aromatic N) is 1. The summed E-state index contributed by atoms with van der Waals surface area (Å²) >= 11 is 0. The van der Waals surface area contributed by atoms with Crippen LogP contribution in [0.25, 0.3) is 0 Å². The highest BCUT2D eigenvalue weighted by Crippen LogP contribution is 2.13. The van der Waals surface area contributed by atoms with Crippen molar-refractivity contribution in [2.75, 3.05) is 13.1 Å². The summed E-state index contributed by atoms with van der Waals surface area (Å²) in [4.78, 5) is 14.5. The molecule has 2 rings (SSSR count). The average Bonchev–Trinajstić information content (AvgIpc) is 2.53. The van der Waals surface area contributed by atoms with Crippen LogP contribution >= 0.6 is 0 Å². The summed E-state index contributed by atoms with van der Waals surface area (Å²) in [5, 5.41) is 3.22. The summed E-state index contributed by atoms with van der Waals surface area (Å²) in [7, 11) is 0. The highest BCUT2D eigenvalue weighted by molar-refractivity contribution is 5.17. The molecule has 0 saturated carbocycles. The van der Waals surface area contributed by atoms with E-state index >= 15 is 0 Å². The first-order valence-electron chi connectivity index (χ1n) is 4.97. The minimum Gasteiger partial charge on any atom is -0.328 e. The predicted octanol–water partition coefficient (Wildman–Crippen LogP) is -0.658. The Balaban J connectivity index is 2.48. The van der Waals surface area contributed by atoms with Crippen LogP contribution in [0.5, 0.6) is 0 Å². The first kappa shape index (κ1) is 9.48. The third kappa shape index (κ3) is 1.38. The molecule has 4 N–H and O–H groups in total. The van der Waals surface area contributed by atoms with Gasteiger partial charge in [0, 0.05) is 37.8 Å². The van der Waals surface area contributed by atoms with E-state index in [2.05, 4.69) is 10.3 Å². The number of hydrogen-bond donors (Lipinski definition) is 3. The number of nitrogens with one attached hydrogen (secondary N) is 2. The summed E-state index contributed by atoms with van der Waals surface area (Å²) in [6, 6.07) is 0.0839. The lowest BCUT2D eigenvalue weighted by molar-refractivity contribution is 0.506. The number of rotatable bonds is 2. The van der Waals surface area contributed by atoms with Crippen LogP contribution in [-0.4, -0.2) is 22.6 Å². The minimum absolute atomic E-state index is 0.0309. The Morgan fingerprint density at radius 1 is 1.64 bits per heavy atom. The molecule has 1 atom stereocenters. The summed E-state index contributed by atoms with van der Waals surface area (Å²) in [6.45, 7) is 4.16. The zero-order chi connectivity index (χ0) is 10.1. The van der Waals surface area contributed by atoms with E-state index in [1.54, 1.807) is 4.57 Å². The Bertz CT molecular complexity index is 379. The molecule has 0 bridgehead atoms. The van der Waals surface area contributed by atoms with Crippen molar-refractivity contribution < 1.29 is 0 Å². The summed E-state index contributed by atoms with van der Waals surface area (Å²) < 4.78 is 1.79. The molecule has 5 heteroatoms. The molecule has 1 unspecified atom stereocenters. The Morgan fingerprint density at radius 3 is 3.14 bits per heavy atom. The Hall–Kier alpha value is -1.07. The van der Waals surface area contributed by atoms with Crippen LogP contribution < -0.4 is 16.7 Å². The van der Waals surface area contributed by atoms with E-state index in [-0.39, 0.29) is 11.7 Å². The molecule has 14 heavy (non-hydrogen) atoms. The zero-order valence-corrected chi connectivity index (χ0v) is 8.34. The van der Waals surface area contributed by atoms with E-state index in [9.17, 15) is 4.79 Å². The van der Waals surface area contributed by atoms with E-state index in [0.717, 1.165) is 30.9 Å². The van der Waals surface area contributed by atoms with Gasteiger partial charge in [-0.15, -0.1) is 0 Å². The molecule has 1 aliphatic heterocycles. The highest BCUT2D eigenvalue weighted by Gasteiger charge is 2.19. The van der Waals surface area contributed by atoms with Crippen molar-refractivity contribution in [1.29, 1.82) is 0 Å². The first-order chi connectivity index (χ1) is 6.74. The van der Waals surface area contributed by atoms with Gasteiger partial charge in [-0.05, 0) is 6.92 Å². The molecule has 0 aliphatic carbocycles. The molecule has 2 heterocycles. The van der Waals surface area contributed by atoms with Gasteiger partial charge in [-0.3, -0.25) is 4.57 Å². The Kier molecular flexibility index (Phi) is 2.43. The Labute approximate surface area is 82.3 Å². The normalized spacial score (nSPS) is 17.9. The number of aromatic amines is 1. The van der Waals surface area contributed by atoms with Crippen LogP contribution in [0, 0.1) is 0 Å². The fraction of sp³-hybridized carbons (Fsp3) is 0.667. The predicted molar refractivity (Wildman–Crippen MR) is 54.2 cm³/mol. The molecule has 5 nitrogen and oxygen atoms in total. The monoisotopic (exact) mass is 196 g/mol. The fourth-order valence-electron chi connectivity index (χ4n) is 1.94. The van der Waals surface area contributed by atoms with E-state index in [1.807, 2.05) is 6.92 Å². The lowest BCUT2D eigenvalue weighted by Crippen LogP contribution is -2.30. The van der Waals surface area contributed by atoms with E-state index in [1.165, 1.54) is 0 Å². The maximum Gasteiger partial charge on any atom is 0.326 e. The molecule has 0 fully saturated rings. The van der Waals surface area contributed by atoms with Gasteiger partial charge in [-0.1, -0.05) is 0 Å². The van der Waals surface area contributed by atoms with Gasteiger partial charge in [0.05, 0.1) is 5.69 Å². The third-order valence-electron chi connectivity index (χ3n) is 2.74. The van der Waals surface area contributed by atoms with Crippen molar-refractivity contribution in [2.45, 2.75) is 25.9 Å². The smallest absolute Gasteiger partial charge is 0.326 e. The van der Waals surface area contributed by atoms with E-state index in [4.69, 9.17) is 5.73 Å². The van der Waals surface area contributed by atoms with Gasteiger partial charge >= 0.3 is 5.69 Å². The maximum atomic E-state index is 11.6. The van der Waals surface area contributed by atoms with Gasteiger partial charge in [0.15, 0.2) is 0 Å². The lowest BCUT2D eigenvalue weighted by atomic mass is 10.1. The van der Waals surface area contributed by atoms with Crippen LogP contribution in [0.15, 0.2) is 4.79 Å². The molecule has 0 saturated heterocycles. The summed E-state index contributed by atoms with van der Waals surface area (Å²) in [6.07, 6.45) is 0.901. The van der Waals surface area contributed by atoms with Gasteiger partial charge in [0.25, 0.3) is 0 Å². The molecule has 78 valence electrons. The minimum atomic E-state index is -0.0309. The van der Waals surface area contributed by atoms with Gasteiger partial charge in [0.1, 0.15) is 0 Å². The standard InChI is InChI=1S/C9H16N4O/c1-6(4-10)13-8-2-3-11-5-7(8)12-9(13)14/h6,11H,2-5,10H2,1H3,(H,12,14). The van der Waals surface area contributed by atoms with Crippen LogP contribution in [0.1, 0.15) is 24.4 Å². The van der Waals surface area contributed by atoms with E-state index < -0.39 is 0 Å². The number of H-pyrrole nitrogens is 1. The van der Waals surface area contributed by atoms with Gasteiger partial charge in [-0.25, -0.2) is 4.79 Å². The number of fused-ring (bicyclic) bond motifs is 1. The van der Waals surface area contributed by atoms with Crippen LogP contribution in [0.2, 0.25) is 0 Å². The SMILES string of the molecule is CC(CN)n1c2c([nH]c1=O)CNCC2. The maximum absolute atomic E-state index is 11.6. The zero-order valence-electron chi connectivity index (χ0n) is 8.34. The quantitative estimate of drug-likeness (QED) is 0.588. The second-order valence-corrected chi connectivity index (χ2v) is 3.74. The topological polar surface area (TPSA) is 75.8 Å². The number of nitrogens with two attached hydrogens (primary N) is 1. The van der Waals surface area contributed by atoms with Gasteiger partial charge in [-0.2, -0.15) is 0 Å². The molecule has 0 amide bonds. The first-order valence-corrected chi connectivity index (χ1v) is 4.97. The molecule has 1 aromatic rings. The molecule has 0 aromatic carbocycles. The molecular weight excluding hydrogens is 180 g/mol. The molecule has 0 spiro atoms. The molecule has 0 radical (unpaired) electrons. The molecule has 1 aliphatic rings. The highest BCUT2D eigenvalue weighted by atomic mass is 16.1. The Morgan fingerprint density at radius 2 is 2.43 bits per heavy atom. The summed E-state index contributed by atoms with van der Waals surface area (Å²) in [5.74, 6) is 0. The number of hydrogen-bond acceptors (Lipinski definition) is 3. The van der Waals surface area contributed by atoms with Crippen molar-refractivity contribution in [2.24, 2.45) is 5.73 Å². The largest absolute Gasteiger partial charge is 0.328 e. The lowest BCUT2D eigenvalue weighted by Gasteiger charge is -2.18. The van der Waals surface area contributed by atoms with Gasteiger partial charge in [0.2, 0.25) is 0 Å². The second kappa shape index (κ2) is 3.59. The summed E-state index contributed by atoms with van der Waals surface area (Å²) in [5.41, 5.74) is 7.68. The van der Waals surface area contributed by atoms with Crippen LogP contribution in [0.4, 0.5) is 0 Å². The fourth-order valence-corrected chi connectivity index (χ4v) is 1.94. The molecular formula is C9H16N4O. The van der Waals surface area contributed by atoms with Crippen LogP contribution in [0.3, 0.4) is 0 Å². The van der Waals surface area contributed by atoms with Crippen molar-refractivity contribution in [1.82, 2.24) is 14.9 Å². The number of aromatic nitrogens is 2. The third-order valence-corrected chi connectivity index (χ3v) is 2.74. The second-order valence-electron chi connectivity index (χ2n) is 3.74. The molecule has 1 aromatic heterocycles. The van der Waals surface area contributed by atoms with E-state index in [0.29, 0.717) is 6.54 Å². The van der Waals surface area contributed by atoms with Crippen LogP contribution in [-0.2, 0) is 13.0 Å². The number of imidazole rings is 1.